The van der Waals surface area contributed by atoms with Crippen LogP contribution >= 0.6 is 0 Å². The van der Waals surface area contributed by atoms with E-state index in [1.165, 1.54) is 46.0 Å². The first-order valence-corrected chi connectivity index (χ1v) is 9.40. The summed E-state index contributed by atoms with van der Waals surface area (Å²) in [4.78, 5) is 11.1. The van der Waals surface area contributed by atoms with Crippen molar-refractivity contribution < 1.29 is 17.3 Å². The van der Waals surface area contributed by atoms with E-state index >= 15 is 0 Å². The number of halogens is 1. The van der Waals surface area contributed by atoms with E-state index in [9.17, 15) is 0 Å². The van der Waals surface area contributed by atoms with Gasteiger partial charge in [-0.25, -0.2) is 9.89 Å². The number of piperazine rings is 1. The number of hydrogen-bond donors (Lipinski definition) is 1. The predicted octanol–water partition coefficient (Wildman–Crippen LogP) is -0.434. The Morgan fingerprint density at radius 2 is 1.92 bits per heavy atom. The number of benzene rings is 1. The molecule has 0 bridgehead atoms. The fraction of sp³-hybridized carbons (Fsp3) is 0.381. The van der Waals surface area contributed by atoms with E-state index in [0.29, 0.717) is 0 Å². The standard InChI is InChI=1S/C21H24N4.ClH/c1-23-10-12-24(13-11-23)18-7-8-20-19(14-18)22-15-17-5-2-4-16-6-3-9-25(20)21(16)17;/h3,6-9,14-15H,2,4-5,10-13H2,1H3;1H. The van der Waals surface area contributed by atoms with E-state index in [0.717, 1.165) is 38.3 Å². The second-order valence-electron chi connectivity index (χ2n) is 7.47. The number of quaternary nitrogens is 1. The van der Waals surface area contributed by atoms with E-state index < -0.39 is 0 Å². The van der Waals surface area contributed by atoms with Crippen LogP contribution in [0.1, 0.15) is 19.3 Å². The molecule has 0 saturated carbocycles. The normalized spacial score (nSPS) is 24.4. The zero-order chi connectivity index (χ0) is 16.8. The van der Waals surface area contributed by atoms with Gasteiger partial charge in [0.05, 0.1) is 0 Å². The number of hydrogen-bond acceptors (Lipinski definition) is 3. The molecule has 0 spiro atoms. The maximum atomic E-state index is 4.90. The Kier molecular flexibility index (Phi) is 4.74. The molecule has 1 aromatic rings. The van der Waals surface area contributed by atoms with Gasteiger partial charge in [-0.05, 0) is 50.6 Å². The van der Waals surface area contributed by atoms with Gasteiger partial charge in [0.1, 0.15) is 17.6 Å². The smallest absolute Gasteiger partial charge is 0.166 e. The predicted molar refractivity (Wildman–Crippen MR) is 103 cm³/mol. The lowest BCUT2D eigenvalue weighted by Crippen LogP contribution is -3.01. The van der Waals surface area contributed by atoms with E-state index in [-0.39, 0.29) is 12.4 Å². The largest absolute Gasteiger partial charge is 1.00 e. The van der Waals surface area contributed by atoms with Crippen LogP contribution < -0.4 is 22.2 Å². The topological polar surface area (TPSA) is 23.3 Å². The van der Waals surface area contributed by atoms with Crippen LogP contribution in [-0.2, 0) is 0 Å². The Morgan fingerprint density at radius 1 is 1.08 bits per heavy atom. The molecule has 1 aliphatic carbocycles. The minimum absolute atomic E-state index is 0. The average Bonchev–Trinajstić information content (AvgIpc) is 2.81. The summed E-state index contributed by atoms with van der Waals surface area (Å²) >= 11 is 0. The van der Waals surface area contributed by atoms with Gasteiger partial charge in [0, 0.05) is 55.3 Å². The highest BCUT2D eigenvalue weighted by atomic mass is 35.5. The van der Waals surface area contributed by atoms with Crippen molar-refractivity contribution in [3.63, 3.8) is 0 Å². The van der Waals surface area contributed by atoms with Gasteiger partial charge in [-0.3, -0.25) is 0 Å². The Balaban J connectivity index is 0.00000168. The van der Waals surface area contributed by atoms with Crippen LogP contribution in [0.2, 0.25) is 0 Å². The number of anilines is 1. The summed E-state index contributed by atoms with van der Waals surface area (Å²) in [5.41, 5.74) is 8.05. The van der Waals surface area contributed by atoms with Gasteiger partial charge in [0.25, 0.3) is 0 Å². The molecule has 4 nitrogen and oxygen atoms in total. The van der Waals surface area contributed by atoms with E-state index in [2.05, 4.69) is 59.6 Å². The number of nitrogens with one attached hydrogen (secondary N) is 1. The van der Waals surface area contributed by atoms with Gasteiger partial charge in [0.2, 0.25) is 0 Å². The van der Waals surface area contributed by atoms with Crippen molar-refractivity contribution in [2.24, 2.45) is 4.99 Å². The van der Waals surface area contributed by atoms with Crippen LogP contribution in [0.25, 0.3) is 0 Å². The summed E-state index contributed by atoms with van der Waals surface area (Å²) < 4.78 is 0. The Labute approximate surface area is 161 Å². The van der Waals surface area contributed by atoms with Crippen molar-refractivity contribution in [2.75, 3.05) is 38.1 Å². The lowest BCUT2D eigenvalue weighted by molar-refractivity contribution is -0.728. The van der Waals surface area contributed by atoms with E-state index in [1.807, 2.05) is 0 Å². The minimum atomic E-state index is 0. The molecule has 5 heteroatoms. The van der Waals surface area contributed by atoms with Gasteiger partial charge < -0.3 is 22.2 Å². The lowest BCUT2D eigenvalue weighted by Gasteiger charge is -2.34. The fourth-order valence-electron chi connectivity index (χ4n) is 4.40. The molecule has 1 atom stereocenters. The maximum absolute atomic E-state index is 4.90. The molecule has 3 heterocycles. The van der Waals surface area contributed by atoms with Crippen LogP contribution in [0.15, 0.2) is 58.4 Å². The third kappa shape index (κ3) is 2.92. The molecule has 3 aliphatic heterocycles. The molecule has 5 rings (SSSR count). The zero-order valence-electron chi connectivity index (χ0n) is 15.2. The number of fused-ring (bicyclic) bond motifs is 2. The minimum Gasteiger partial charge on any atom is -1.00 e. The van der Waals surface area contributed by atoms with Crippen LogP contribution in [-0.4, -0.2) is 44.3 Å². The van der Waals surface area contributed by atoms with Crippen LogP contribution in [0.4, 0.5) is 17.1 Å². The zero-order valence-corrected chi connectivity index (χ0v) is 16.0. The van der Waals surface area contributed by atoms with Gasteiger partial charge in [-0.2, -0.15) is 0 Å². The number of rotatable bonds is 1. The fourth-order valence-corrected chi connectivity index (χ4v) is 4.40. The van der Waals surface area contributed by atoms with Crippen LogP contribution in [0.5, 0.6) is 0 Å². The summed E-state index contributed by atoms with van der Waals surface area (Å²) in [6.07, 6.45) is 12.5. The molecule has 4 aliphatic rings. The van der Waals surface area contributed by atoms with Crippen molar-refractivity contribution in [1.29, 1.82) is 0 Å². The molecule has 1 N–H and O–H groups in total. The van der Waals surface area contributed by atoms with Crippen LogP contribution in [0.3, 0.4) is 0 Å². The number of likely N-dealkylation sites (N-methyl/N-ethyl adjacent to an activating group) is 1. The molecule has 136 valence electrons. The molecule has 26 heavy (non-hydrogen) atoms. The first kappa shape index (κ1) is 17.5. The van der Waals surface area contributed by atoms with Gasteiger partial charge in [-0.15, -0.1) is 0 Å². The molecule has 1 saturated heterocycles. The molecular weight excluding hydrogens is 344 g/mol. The van der Waals surface area contributed by atoms with Crippen LogP contribution in [0, 0.1) is 0 Å². The van der Waals surface area contributed by atoms with E-state index in [1.54, 1.807) is 0 Å². The Hall–Kier alpha value is -1.88. The molecule has 0 radical (unpaired) electrons. The van der Waals surface area contributed by atoms with Crippen molar-refractivity contribution in [2.45, 2.75) is 19.3 Å². The molecule has 1 unspecified atom stereocenters. The number of allylic oxidation sites excluding steroid dienone is 4. The van der Waals surface area contributed by atoms with Crippen molar-refractivity contribution >= 4 is 23.3 Å². The highest BCUT2D eigenvalue weighted by Crippen LogP contribution is 2.35. The average molecular weight is 369 g/mol. The van der Waals surface area contributed by atoms with Crippen molar-refractivity contribution in [3.05, 3.63) is 53.4 Å². The Morgan fingerprint density at radius 3 is 2.77 bits per heavy atom. The SMILES string of the molecule is CN1CCN(c2ccc3c(c2)N=CC2=C4C(=CC=C[NH+]43)CCC2)CC1.[Cl-]. The van der Waals surface area contributed by atoms with Gasteiger partial charge >= 0.3 is 0 Å². The highest BCUT2D eigenvalue weighted by molar-refractivity contribution is 5.86. The summed E-state index contributed by atoms with van der Waals surface area (Å²) in [6.45, 7) is 4.45. The first-order chi connectivity index (χ1) is 12.3. The van der Waals surface area contributed by atoms with Gasteiger partial charge in [0.15, 0.2) is 5.69 Å². The third-order valence-electron chi connectivity index (χ3n) is 5.86. The highest BCUT2D eigenvalue weighted by Gasteiger charge is 2.32. The monoisotopic (exact) mass is 368 g/mol. The molecular formula is C21H25ClN4. The second-order valence-corrected chi connectivity index (χ2v) is 7.47. The van der Waals surface area contributed by atoms with Crippen molar-refractivity contribution in [3.8, 4) is 0 Å². The summed E-state index contributed by atoms with van der Waals surface area (Å²) in [5, 5.41) is 0. The van der Waals surface area contributed by atoms with E-state index in [4.69, 9.17) is 4.99 Å². The maximum Gasteiger partial charge on any atom is 0.166 e. The van der Waals surface area contributed by atoms with Crippen molar-refractivity contribution in [1.82, 2.24) is 4.90 Å². The summed E-state index contributed by atoms with van der Waals surface area (Å²) in [7, 11) is 2.20. The first-order valence-electron chi connectivity index (χ1n) is 9.40. The molecule has 0 aromatic heterocycles. The lowest BCUT2D eigenvalue weighted by atomic mass is 9.90. The molecule has 1 aromatic carbocycles. The third-order valence-corrected chi connectivity index (χ3v) is 5.86. The number of nitrogens with zero attached hydrogens (tertiary/aromatic N) is 3. The number of aliphatic imine (C=N–C) groups is 1. The Bertz CT molecular complexity index is 828. The quantitative estimate of drug-likeness (QED) is 0.727. The summed E-state index contributed by atoms with van der Waals surface area (Å²) in [6, 6.07) is 6.86. The summed E-state index contributed by atoms with van der Waals surface area (Å²) in [5.74, 6) is 0. The molecule has 0 amide bonds. The second kappa shape index (κ2) is 7.03. The van der Waals surface area contributed by atoms with Gasteiger partial charge in [-0.1, -0.05) is 0 Å². The molecule has 1 fully saturated rings.